The number of anilines is 1. The Morgan fingerprint density at radius 1 is 1.11 bits per heavy atom. The normalized spacial score (nSPS) is 10.3. The third kappa shape index (κ3) is 3.19. The minimum atomic E-state index is 0.380. The van der Waals surface area contributed by atoms with Crippen LogP contribution in [0.5, 0.6) is 11.5 Å². The number of rotatable bonds is 4. The van der Waals surface area contributed by atoms with Crippen LogP contribution in [-0.2, 0) is 6.54 Å². The van der Waals surface area contributed by atoms with Gasteiger partial charge in [0.25, 0.3) is 0 Å². The molecule has 2 aromatic rings. The number of methoxy groups -OCH3 is 1. The first-order valence-corrected chi connectivity index (χ1v) is 6.27. The van der Waals surface area contributed by atoms with Crippen LogP contribution >= 0.6 is 0 Å². The van der Waals surface area contributed by atoms with Gasteiger partial charge in [-0.05, 0) is 42.7 Å². The van der Waals surface area contributed by atoms with Crippen LogP contribution in [0.1, 0.15) is 16.7 Å². The van der Waals surface area contributed by atoms with Crippen molar-refractivity contribution in [1.29, 1.82) is 0 Å². The first-order chi connectivity index (χ1) is 9.10. The minimum absolute atomic E-state index is 0.380. The maximum atomic E-state index is 9.75. The van der Waals surface area contributed by atoms with E-state index in [1.54, 1.807) is 7.11 Å². The Morgan fingerprint density at radius 3 is 2.42 bits per heavy atom. The molecular weight excluding hydrogens is 238 g/mol. The largest absolute Gasteiger partial charge is 0.507 e. The van der Waals surface area contributed by atoms with Crippen molar-refractivity contribution in [2.75, 3.05) is 12.4 Å². The maximum Gasteiger partial charge on any atom is 0.121 e. The van der Waals surface area contributed by atoms with E-state index in [0.29, 0.717) is 5.75 Å². The van der Waals surface area contributed by atoms with Crippen molar-refractivity contribution in [1.82, 2.24) is 0 Å². The lowest BCUT2D eigenvalue weighted by Gasteiger charge is -2.11. The third-order valence-corrected chi connectivity index (χ3v) is 3.12. The fourth-order valence-corrected chi connectivity index (χ4v) is 2.08. The van der Waals surface area contributed by atoms with Gasteiger partial charge < -0.3 is 15.2 Å². The first kappa shape index (κ1) is 13.3. The topological polar surface area (TPSA) is 41.5 Å². The minimum Gasteiger partial charge on any atom is -0.507 e. The molecule has 0 aliphatic rings. The molecule has 2 N–H and O–H groups in total. The summed E-state index contributed by atoms with van der Waals surface area (Å²) in [6.07, 6.45) is 0. The summed E-state index contributed by atoms with van der Waals surface area (Å²) >= 11 is 0. The molecule has 0 heterocycles. The van der Waals surface area contributed by atoms with Gasteiger partial charge in [-0.3, -0.25) is 0 Å². The summed E-state index contributed by atoms with van der Waals surface area (Å²) in [5, 5.41) is 13.1. The van der Waals surface area contributed by atoms with Crippen LogP contribution < -0.4 is 10.1 Å². The van der Waals surface area contributed by atoms with Crippen LogP contribution in [0, 0.1) is 13.8 Å². The molecule has 0 atom stereocenters. The number of benzene rings is 2. The molecule has 19 heavy (non-hydrogen) atoms. The highest BCUT2D eigenvalue weighted by Gasteiger charge is 2.03. The van der Waals surface area contributed by atoms with Crippen molar-refractivity contribution in [3.8, 4) is 11.5 Å². The van der Waals surface area contributed by atoms with E-state index in [9.17, 15) is 5.11 Å². The Kier molecular flexibility index (Phi) is 3.95. The summed E-state index contributed by atoms with van der Waals surface area (Å²) in [4.78, 5) is 0. The average molecular weight is 257 g/mol. The fraction of sp³-hybridized carbons (Fsp3) is 0.250. The van der Waals surface area contributed by atoms with E-state index in [-0.39, 0.29) is 0 Å². The molecule has 3 nitrogen and oxygen atoms in total. The summed E-state index contributed by atoms with van der Waals surface area (Å²) in [6.45, 7) is 4.55. The van der Waals surface area contributed by atoms with Gasteiger partial charge in [0.2, 0.25) is 0 Å². The molecule has 3 heteroatoms. The van der Waals surface area contributed by atoms with Gasteiger partial charge in [0, 0.05) is 18.3 Å². The highest BCUT2D eigenvalue weighted by atomic mass is 16.5. The lowest BCUT2D eigenvalue weighted by atomic mass is 10.1. The molecule has 0 bridgehead atoms. The Labute approximate surface area is 113 Å². The molecule has 2 rings (SSSR count). The summed E-state index contributed by atoms with van der Waals surface area (Å²) in [7, 11) is 1.66. The first-order valence-electron chi connectivity index (χ1n) is 6.27. The van der Waals surface area contributed by atoms with Crippen LogP contribution in [0.25, 0.3) is 0 Å². The predicted molar refractivity (Wildman–Crippen MR) is 77.9 cm³/mol. The van der Waals surface area contributed by atoms with E-state index < -0.39 is 0 Å². The molecule has 0 amide bonds. The highest BCUT2D eigenvalue weighted by molar-refractivity contribution is 5.49. The van der Waals surface area contributed by atoms with Crippen molar-refractivity contribution in [3.05, 3.63) is 53.1 Å². The van der Waals surface area contributed by atoms with Gasteiger partial charge in [-0.25, -0.2) is 0 Å². The Morgan fingerprint density at radius 2 is 1.79 bits per heavy atom. The second kappa shape index (κ2) is 5.65. The molecule has 0 unspecified atom stereocenters. The van der Waals surface area contributed by atoms with Crippen molar-refractivity contribution in [2.24, 2.45) is 0 Å². The number of phenols is 1. The van der Waals surface area contributed by atoms with Crippen molar-refractivity contribution < 1.29 is 9.84 Å². The SMILES string of the molecule is COc1cccc(NCc2cc(C)c(O)c(C)c2)c1. The number of ether oxygens (including phenoxy) is 1. The molecule has 0 saturated carbocycles. The van der Waals surface area contributed by atoms with Crippen LogP contribution in [0.15, 0.2) is 36.4 Å². The summed E-state index contributed by atoms with van der Waals surface area (Å²) in [5.74, 6) is 1.22. The van der Waals surface area contributed by atoms with Gasteiger partial charge in [0.05, 0.1) is 7.11 Å². The monoisotopic (exact) mass is 257 g/mol. The molecular formula is C16H19NO2. The zero-order chi connectivity index (χ0) is 13.8. The van der Waals surface area contributed by atoms with E-state index in [1.165, 1.54) is 0 Å². The van der Waals surface area contributed by atoms with Gasteiger partial charge in [-0.1, -0.05) is 18.2 Å². The number of aryl methyl sites for hydroxylation is 2. The van der Waals surface area contributed by atoms with Crippen molar-refractivity contribution in [2.45, 2.75) is 20.4 Å². The Bertz CT molecular complexity index is 556. The average Bonchev–Trinajstić information content (AvgIpc) is 2.42. The smallest absolute Gasteiger partial charge is 0.121 e. The molecule has 0 aromatic heterocycles. The second-order valence-corrected chi connectivity index (χ2v) is 4.66. The predicted octanol–water partition coefficient (Wildman–Crippen LogP) is 3.63. The van der Waals surface area contributed by atoms with Crippen molar-refractivity contribution in [3.63, 3.8) is 0 Å². The lowest BCUT2D eigenvalue weighted by Crippen LogP contribution is -2.00. The van der Waals surface area contributed by atoms with E-state index >= 15 is 0 Å². The number of hydrogen-bond donors (Lipinski definition) is 2. The number of nitrogens with one attached hydrogen (secondary N) is 1. The standard InChI is InChI=1S/C16H19NO2/c1-11-7-13(8-12(2)16(11)18)10-17-14-5-4-6-15(9-14)19-3/h4-9,17-18H,10H2,1-3H3. The third-order valence-electron chi connectivity index (χ3n) is 3.12. The zero-order valence-electron chi connectivity index (χ0n) is 11.5. The van der Waals surface area contributed by atoms with E-state index in [1.807, 2.05) is 50.2 Å². The Hall–Kier alpha value is -2.16. The van der Waals surface area contributed by atoms with Crippen LogP contribution in [0.4, 0.5) is 5.69 Å². The fourth-order valence-electron chi connectivity index (χ4n) is 2.08. The number of phenolic OH excluding ortho intramolecular Hbond substituents is 1. The van der Waals surface area contributed by atoms with Crippen LogP contribution in [-0.4, -0.2) is 12.2 Å². The van der Waals surface area contributed by atoms with E-state index in [2.05, 4.69) is 5.32 Å². The van der Waals surface area contributed by atoms with E-state index in [0.717, 1.165) is 34.7 Å². The summed E-state index contributed by atoms with van der Waals surface area (Å²) in [5.41, 5.74) is 3.98. The van der Waals surface area contributed by atoms with E-state index in [4.69, 9.17) is 4.74 Å². The number of hydrogen-bond acceptors (Lipinski definition) is 3. The van der Waals surface area contributed by atoms with Crippen molar-refractivity contribution >= 4 is 5.69 Å². The van der Waals surface area contributed by atoms with Gasteiger partial charge in [-0.15, -0.1) is 0 Å². The molecule has 0 spiro atoms. The molecule has 0 radical (unpaired) electrons. The highest BCUT2D eigenvalue weighted by Crippen LogP contribution is 2.24. The summed E-state index contributed by atoms with van der Waals surface area (Å²) < 4.78 is 5.19. The Balaban J connectivity index is 2.10. The van der Waals surface area contributed by atoms with Crippen LogP contribution in [0.3, 0.4) is 0 Å². The van der Waals surface area contributed by atoms with Crippen LogP contribution in [0.2, 0.25) is 0 Å². The molecule has 0 aliphatic carbocycles. The molecule has 0 aliphatic heterocycles. The lowest BCUT2D eigenvalue weighted by molar-refractivity contribution is 0.415. The van der Waals surface area contributed by atoms with Gasteiger partial charge in [0.1, 0.15) is 11.5 Å². The quantitative estimate of drug-likeness (QED) is 0.878. The molecule has 100 valence electrons. The number of aromatic hydroxyl groups is 1. The second-order valence-electron chi connectivity index (χ2n) is 4.66. The molecule has 0 fully saturated rings. The zero-order valence-corrected chi connectivity index (χ0v) is 11.5. The molecule has 0 saturated heterocycles. The molecule has 2 aromatic carbocycles. The summed E-state index contributed by atoms with van der Waals surface area (Å²) in [6, 6.07) is 11.8. The van der Waals surface area contributed by atoms with Gasteiger partial charge >= 0.3 is 0 Å². The maximum absolute atomic E-state index is 9.75. The van der Waals surface area contributed by atoms with Gasteiger partial charge in [0.15, 0.2) is 0 Å². The van der Waals surface area contributed by atoms with Gasteiger partial charge in [-0.2, -0.15) is 0 Å².